The van der Waals surface area contributed by atoms with Gasteiger partial charge >= 0.3 is 5.97 Å². The van der Waals surface area contributed by atoms with Crippen LogP contribution < -0.4 is 0 Å². The molecule has 0 amide bonds. The zero-order chi connectivity index (χ0) is 22.5. The second-order valence-corrected chi connectivity index (χ2v) is 7.69. The van der Waals surface area contributed by atoms with E-state index in [-0.39, 0.29) is 30.5 Å². The van der Waals surface area contributed by atoms with Gasteiger partial charge in [0.2, 0.25) is 0 Å². The van der Waals surface area contributed by atoms with Crippen molar-refractivity contribution in [1.29, 1.82) is 0 Å². The van der Waals surface area contributed by atoms with Crippen LogP contribution in [0.5, 0.6) is 0 Å². The zero-order valence-electron chi connectivity index (χ0n) is 17.8. The molecule has 0 fully saturated rings. The summed E-state index contributed by atoms with van der Waals surface area (Å²) >= 11 is 0. The predicted molar refractivity (Wildman–Crippen MR) is 119 cm³/mol. The SMILES string of the molecule is COC(=O)C[C@@H](O)CC(=O)C=Cc1c(-c2ccc(F)cc2)c2ccccc2n1C(C)C. The van der Waals surface area contributed by atoms with E-state index >= 15 is 0 Å². The van der Waals surface area contributed by atoms with E-state index in [1.54, 1.807) is 18.2 Å². The number of benzene rings is 2. The molecular formula is C25H26FNO4. The molecule has 0 radical (unpaired) electrons. The number of hydrogen-bond acceptors (Lipinski definition) is 4. The summed E-state index contributed by atoms with van der Waals surface area (Å²) in [6, 6.07) is 14.3. The molecule has 0 aliphatic carbocycles. The number of allylic oxidation sites excluding steroid dienone is 1. The van der Waals surface area contributed by atoms with Crippen molar-refractivity contribution >= 4 is 28.7 Å². The third-order valence-corrected chi connectivity index (χ3v) is 5.09. The summed E-state index contributed by atoms with van der Waals surface area (Å²) in [5.41, 5.74) is 3.58. The lowest BCUT2D eigenvalue weighted by molar-refractivity contribution is -0.143. The van der Waals surface area contributed by atoms with Crippen molar-refractivity contribution in [2.75, 3.05) is 7.11 Å². The van der Waals surface area contributed by atoms with Crippen LogP contribution in [0.15, 0.2) is 54.6 Å². The van der Waals surface area contributed by atoms with Gasteiger partial charge in [-0.3, -0.25) is 9.59 Å². The molecule has 2 aromatic carbocycles. The molecule has 0 spiro atoms. The van der Waals surface area contributed by atoms with Crippen LogP contribution in [0.3, 0.4) is 0 Å². The molecule has 31 heavy (non-hydrogen) atoms. The van der Waals surface area contributed by atoms with Gasteiger partial charge < -0.3 is 14.4 Å². The van der Waals surface area contributed by atoms with E-state index in [4.69, 9.17) is 0 Å². The molecule has 0 unspecified atom stereocenters. The van der Waals surface area contributed by atoms with Crippen molar-refractivity contribution < 1.29 is 23.8 Å². The van der Waals surface area contributed by atoms with Crippen LogP contribution in [0, 0.1) is 5.82 Å². The van der Waals surface area contributed by atoms with E-state index in [1.807, 2.05) is 24.3 Å². The second kappa shape index (κ2) is 9.71. The van der Waals surface area contributed by atoms with E-state index in [2.05, 4.69) is 23.2 Å². The number of carbonyl (C=O) groups is 2. The molecule has 1 atom stereocenters. The summed E-state index contributed by atoms with van der Waals surface area (Å²) in [4.78, 5) is 23.7. The maximum absolute atomic E-state index is 13.5. The van der Waals surface area contributed by atoms with Gasteiger partial charge in [0, 0.05) is 28.9 Å². The van der Waals surface area contributed by atoms with Crippen molar-refractivity contribution in [2.24, 2.45) is 0 Å². The number of hydrogen-bond donors (Lipinski definition) is 1. The van der Waals surface area contributed by atoms with Crippen LogP contribution in [-0.4, -0.2) is 34.6 Å². The van der Waals surface area contributed by atoms with Gasteiger partial charge in [-0.05, 0) is 49.8 Å². The minimum Gasteiger partial charge on any atom is -0.469 e. The smallest absolute Gasteiger partial charge is 0.308 e. The number of nitrogens with zero attached hydrogens (tertiary/aromatic N) is 1. The molecule has 1 N–H and O–H groups in total. The van der Waals surface area contributed by atoms with Gasteiger partial charge in [0.25, 0.3) is 0 Å². The van der Waals surface area contributed by atoms with Gasteiger partial charge in [0.05, 0.1) is 25.3 Å². The average molecular weight is 423 g/mol. The van der Waals surface area contributed by atoms with Crippen LogP contribution in [0.1, 0.15) is 38.4 Å². The topological polar surface area (TPSA) is 68.5 Å². The maximum atomic E-state index is 13.5. The van der Waals surface area contributed by atoms with E-state index in [0.29, 0.717) is 0 Å². The standard InChI is InChI=1S/C25H26FNO4/c1-16(2)27-22-7-5-4-6-21(22)25(17-8-10-18(26)11-9-17)23(27)13-12-19(28)14-20(29)15-24(30)31-3/h4-13,16,20,29H,14-15H2,1-3H3/t20-/m0/s1. The lowest BCUT2D eigenvalue weighted by atomic mass is 10.0. The third kappa shape index (κ3) is 5.09. The second-order valence-electron chi connectivity index (χ2n) is 7.69. The van der Waals surface area contributed by atoms with Crippen LogP contribution in [0.4, 0.5) is 4.39 Å². The van der Waals surface area contributed by atoms with Crippen LogP contribution in [-0.2, 0) is 14.3 Å². The Morgan fingerprint density at radius 2 is 1.77 bits per heavy atom. The summed E-state index contributed by atoms with van der Waals surface area (Å²) in [6.07, 6.45) is 1.63. The third-order valence-electron chi connectivity index (χ3n) is 5.09. The molecule has 0 saturated heterocycles. The number of aromatic nitrogens is 1. The number of esters is 1. The predicted octanol–water partition coefficient (Wildman–Crippen LogP) is 4.92. The Bertz CT molecular complexity index is 1110. The molecule has 3 aromatic rings. The molecule has 3 rings (SSSR count). The maximum Gasteiger partial charge on any atom is 0.308 e. The Morgan fingerprint density at radius 3 is 2.42 bits per heavy atom. The van der Waals surface area contributed by atoms with Gasteiger partial charge in [0.15, 0.2) is 5.78 Å². The average Bonchev–Trinajstić information content (AvgIpc) is 3.07. The lowest BCUT2D eigenvalue weighted by Gasteiger charge is -2.14. The molecule has 0 aliphatic rings. The Morgan fingerprint density at radius 1 is 1.10 bits per heavy atom. The Balaban J connectivity index is 2.04. The number of ketones is 1. The first-order valence-corrected chi connectivity index (χ1v) is 10.2. The first-order chi connectivity index (χ1) is 14.8. The van der Waals surface area contributed by atoms with Crippen LogP contribution >= 0.6 is 0 Å². The van der Waals surface area contributed by atoms with Gasteiger partial charge in [-0.1, -0.05) is 30.3 Å². The first kappa shape index (κ1) is 22.4. The Hall–Kier alpha value is -3.25. The molecule has 162 valence electrons. The van der Waals surface area contributed by atoms with Crippen molar-refractivity contribution in [3.05, 3.63) is 66.1 Å². The number of halogens is 1. The fourth-order valence-electron chi connectivity index (χ4n) is 3.74. The molecule has 5 nitrogen and oxygen atoms in total. The zero-order valence-corrected chi connectivity index (χ0v) is 17.8. The summed E-state index contributed by atoms with van der Waals surface area (Å²) in [5.74, 6) is -1.19. The molecule has 6 heteroatoms. The Labute approximate surface area is 180 Å². The molecule has 0 aliphatic heterocycles. The van der Waals surface area contributed by atoms with Crippen molar-refractivity contribution in [2.45, 2.75) is 38.8 Å². The first-order valence-electron chi connectivity index (χ1n) is 10.2. The number of fused-ring (bicyclic) bond motifs is 1. The van der Waals surface area contributed by atoms with Crippen molar-refractivity contribution in [1.82, 2.24) is 4.57 Å². The highest BCUT2D eigenvalue weighted by Crippen LogP contribution is 2.37. The summed E-state index contributed by atoms with van der Waals surface area (Å²) in [6.45, 7) is 4.11. The van der Waals surface area contributed by atoms with E-state index in [9.17, 15) is 19.1 Å². The van der Waals surface area contributed by atoms with Crippen molar-refractivity contribution in [3.63, 3.8) is 0 Å². The van der Waals surface area contributed by atoms with Gasteiger partial charge in [-0.25, -0.2) is 4.39 Å². The fourth-order valence-corrected chi connectivity index (χ4v) is 3.74. The number of rotatable bonds is 8. The number of carbonyl (C=O) groups excluding carboxylic acids is 2. The van der Waals surface area contributed by atoms with E-state index in [1.165, 1.54) is 25.3 Å². The Kier molecular flexibility index (Phi) is 7.02. The molecule has 1 heterocycles. The molecule has 0 saturated carbocycles. The van der Waals surface area contributed by atoms with Gasteiger partial charge in [-0.2, -0.15) is 0 Å². The summed E-state index contributed by atoms with van der Waals surface area (Å²) in [5, 5.41) is 10.9. The van der Waals surface area contributed by atoms with Gasteiger partial charge in [0.1, 0.15) is 5.82 Å². The number of aliphatic hydroxyl groups is 1. The fraction of sp³-hybridized carbons (Fsp3) is 0.280. The van der Waals surface area contributed by atoms with Gasteiger partial charge in [-0.15, -0.1) is 0 Å². The number of methoxy groups -OCH3 is 1. The highest BCUT2D eigenvalue weighted by Gasteiger charge is 2.19. The van der Waals surface area contributed by atoms with Crippen LogP contribution in [0.25, 0.3) is 28.1 Å². The highest BCUT2D eigenvalue weighted by atomic mass is 19.1. The number of ether oxygens (including phenoxy) is 1. The molecule has 0 bridgehead atoms. The van der Waals surface area contributed by atoms with Crippen molar-refractivity contribution in [3.8, 4) is 11.1 Å². The number of aliphatic hydroxyl groups excluding tert-OH is 1. The van der Waals surface area contributed by atoms with E-state index < -0.39 is 12.1 Å². The quantitative estimate of drug-likeness (QED) is 0.412. The van der Waals surface area contributed by atoms with Crippen LogP contribution in [0.2, 0.25) is 0 Å². The monoisotopic (exact) mass is 423 g/mol. The summed E-state index contributed by atoms with van der Waals surface area (Å²) in [7, 11) is 1.23. The largest absolute Gasteiger partial charge is 0.469 e. The highest BCUT2D eigenvalue weighted by molar-refractivity contribution is 6.03. The normalized spacial score (nSPS) is 12.6. The lowest BCUT2D eigenvalue weighted by Crippen LogP contribution is -2.17. The summed E-state index contributed by atoms with van der Waals surface area (Å²) < 4.78 is 20.2. The molecule has 1 aromatic heterocycles. The number of para-hydroxylation sites is 1. The molecular weight excluding hydrogens is 397 g/mol. The minimum atomic E-state index is -1.10. The van der Waals surface area contributed by atoms with E-state index in [0.717, 1.165) is 27.7 Å². The minimum absolute atomic E-state index is 0.110.